The molecule has 7 heteroatoms. The number of hydrogen-bond donors (Lipinski definition) is 1. The van der Waals surface area contributed by atoms with Crippen LogP contribution >= 0.6 is 11.3 Å². The van der Waals surface area contributed by atoms with Crippen LogP contribution in [0.5, 0.6) is 0 Å². The Hall–Kier alpha value is -1.73. The van der Waals surface area contributed by atoms with Crippen molar-refractivity contribution in [2.24, 2.45) is 5.92 Å². The molecule has 2 fully saturated rings. The van der Waals surface area contributed by atoms with E-state index in [0.717, 1.165) is 56.1 Å². The summed E-state index contributed by atoms with van der Waals surface area (Å²) >= 11 is 1.78. The monoisotopic (exact) mass is 373 g/mol. The Morgan fingerprint density at radius 1 is 1.27 bits per heavy atom. The molecule has 0 bridgehead atoms. The summed E-state index contributed by atoms with van der Waals surface area (Å²) in [5.74, 6) is 1.21. The Kier molecular flexibility index (Phi) is 5.36. The van der Waals surface area contributed by atoms with Crippen molar-refractivity contribution in [3.8, 4) is 0 Å². The molecule has 6 nitrogen and oxygen atoms in total. The smallest absolute Gasteiger partial charge is 0.228 e. The highest BCUT2D eigenvalue weighted by molar-refractivity contribution is 7.11. The molecular weight excluding hydrogens is 346 g/mol. The maximum atomic E-state index is 12.4. The van der Waals surface area contributed by atoms with Gasteiger partial charge in [0.05, 0.1) is 17.2 Å². The third-order valence-electron chi connectivity index (χ3n) is 5.60. The molecule has 0 radical (unpaired) electrons. The number of piperidine rings is 1. The number of thiazole rings is 1. The third kappa shape index (κ3) is 3.99. The molecule has 1 N–H and O–H groups in total. The van der Waals surface area contributed by atoms with E-state index in [0.29, 0.717) is 6.04 Å². The third-order valence-corrected chi connectivity index (χ3v) is 6.50. The van der Waals surface area contributed by atoms with Crippen molar-refractivity contribution >= 4 is 23.1 Å². The number of nitrogens with zero attached hydrogens (tertiary/aromatic N) is 4. The van der Waals surface area contributed by atoms with Gasteiger partial charge in [0, 0.05) is 42.7 Å². The second-order valence-corrected chi connectivity index (χ2v) is 8.80. The topological polar surface area (TPSA) is 63.1 Å². The molecule has 2 aliphatic rings. The maximum Gasteiger partial charge on any atom is 0.228 e. The van der Waals surface area contributed by atoms with Crippen LogP contribution in [0, 0.1) is 12.8 Å². The van der Waals surface area contributed by atoms with E-state index in [4.69, 9.17) is 0 Å². The van der Waals surface area contributed by atoms with Crippen LogP contribution in [0.1, 0.15) is 54.5 Å². The Morgan fingerprint density at radius 3 is 2.73 bits per heavy atom. The van der Waals surface area contributed by atoms with E-state index >= 15 is 0 Å². The normalized spacial score (nSPS) is 19.9. The number of hydrogen-bond acceptors (Lipinski definition) is 5. The number of rotatable bonds is 5. The molecule has 140 valence electrons. The van der Waals surface area contributed by atoms with Crippen LogP contribution in [0.15, 0.2) is 18.5 Å². The van der Waals surface area contributed by atoms with E-state index in [9.17, 15) is 4.79 Å². The summed E-state index contributed by atoms with van der Waals surface area (Å²) in [6, 6.07) is 2.29. The average Bonchev–Trinajstić information content (AvgIpc) is 3.38. The van der Waals surface area contributed by atoms with Crippen molar-refractivity contribution in [2.45, 2.75) is 58.0 Å². The lowest BCUT2D eigenvalue weighted by molar-refractivity contribution is -0.119. The van der Waals surface area contributed by atoms with E-state index in [-0.39, 0.29) is 11.8 Å². The van der Waals surface area contributed by atoms with E-state index in [1.165, 1.54) is 17.7 Å². The molecule has 2 aromatic rings. The maximum absolute atomic E-state index is 12.4. The van der Waals surface area contributed by atoms with Crippen molar-refractivity contribution in [1.29, 1.82) is 0 Å². The van der Waals surface area contributed by atoms with Gasteiger partial charge in [0.15, 0.2) is 0 Å². The van der Waals surface area contributed by atoms with E-state index in [1.54, 1.807) is 17.5 Å². The lowest BCUT2D eigenvalue weighted by atomic mass is 10.1. The Labute approximate surface area is 158 Å². The summed E-state index contributed by atoms with van der Waals surface area (Å²) in [5.41, 5.74) is 0. The van der Waals surface area contributed by atoms with Gasteiger partial charge in [-0.25, -0.2) is 9.67 Å². The minimum absolute atomic E-state index is 0.169. The zero-order valence-corrected chi connectivity index (χ0v) is 16.2. The van der Waals surface area contributed by atoms with Gasteiger partial charge in [0.1, 0.15) is 5.82 Å². The Morgan fingerprint density at radius 2 is 2.04 bits per heavy atom. The molecule has 1 saturated carbocycles. The first kappa shape index (κ1) is 17.7. The van der Waals surface area contributed by atoms with Crippen LogP contribution in [0.3, 0.4) is 0 Å². The fraction of sp³-hybridized carbons (Fsp3) is 0.632. The van der Waals surface area contributed by atoms with E-state index in [1.807, 2.05) is 16.9 Å². The number of aromatic nitrogens is 3. The predicted octanol–water partition coefficient (Wildman–Crippen LogP) is 3.61. The molecule has 2 aromatic heterocycles. The molecule has 1 saturated heterocycles. The number of aryl methyl sites for hydroxylation is 1. The SMILES string of the molecule is Cc1ncc(CN2CCC(n3nccc3NC(=O)C3CCCC3)CC2)s1. The number of carbonyl (C=O) groups is 1. The van der Waals surface area contributed by atoms with Crippen molar-refractivity contribution in [1.82, 2.24) is 19.7 Å². The van der Waals surface area contributed by atoms with Crippen molar-refractivity contribution in [3.05, 3.63) is 28.3 Å². The molecule has 0 atom stereocenters. The van der Waals surface area contributed by atoms with Crippen LogP contribution in [0.2, 0.25) is 0 Å². The highest BCUT2D eigenvalue weighted by atomic mass is 32.1. The summed E-state index contributed by atoms with van der Waals surface area (Å²) in [7, 11) is 0. The van der Waals surface area contributed by atoms with E-state index in [2.05, 4.69) is 27.2 Å². The molecular formula is C19H27N5OS. The molecule has 1 aliphatic carbocycles. The van der Waals surface area contributed by atoms with Crippen LogP contribution in [0.25, 0.3) is 0 Å². The molecule has 1 amide bonds. The van der Waals surface area contributed by atoms with Gasteiger partial charge in [-0.15, -0.1) is 11.3 Å². The van der Waals surface area contributed by atoms with Crippen molar-refractivity contribution in [3.63, 3.8) is 0 Å². The average molecular weight is 374 g/mol. The molecule has 3 heterocycles. The number of anilines is 1. The molecule has 26 heavy (non-hydrogen) atoms. The fourth-order valence-corrected chi connectivity index (χ4v) is 4.98. The summed E-state index contributed by atoms with van der Waals surface area (Å²) in [4.78, 5) is 20.6. The lowest BCUT2D eigenvalue weighted by Gasteiger charge is -2.32. The number of carbonyl (C=O) groups excluding carboxylic acids is 1. The number of likely N-dealkylation sites (tertiary alicyclic amines) is 1. The van der Waals surface area contributed by atoms with Gasteiger partial charge in [-0.05, 0) is 32.6 Å². The van der Waals surface area contributed by atoms with Gasteiger partial charge in [0.2, 0.25) is 5.91 Å². The Bertz CT molecular complexity index is 741. The molecule has 4 rings (SSSR count). The molecule has 1 aliphatic heterocycles. The number of nitrogens with one attached hydrogen (secondary N) is 1. The highest BCUT2D eigenvalue weighted by Gasteiger charge is 2.26. The first-order valence-electron chi connectivity index (χ1n) is 9.67. The standard InChI is InChI=1S/C19H27N5OS/c1-14-20-12-17(26-14)13-23-10-7-16(8-11-23)24-18(6-9-21-24)22-19(25)15-4-2-3-5-15/h6,9,12,15-16H,2-5,7-8,10-11,13H2,1H3,(H,22,25). The molecule has 0 spiro atoms. The zero-order chi connectivity index (χ0) is 17.9. The molecule has 0 aromatic carbocycles. The second-order valence-electron chi connectivity index (χ2n) is 7.48. The van der Waals surface area contributed by atoms with Crippen LogP contribution in [0.4, 0.5) is 5.82 Å². The fourth-order valence-electron chi connectivity index (χ4n) is 4.14. The van der Waals surface area contributed by atoms with Crippen LogP contribution in [-0.2, 0) is 11.3 Å². The minimum Gasteiger partial charge on any atom is -0.311 e. The quantitative estimate of drug-likeness (QED) is 0.870. The summed E-state index contributed by atoms with van der Waals surface area (Å²) in [5, 5.41) is 8.77. The molecule has 0 unspecified atom stereocenters. The second kappa shape index (κ2) is 7.88. The highest BCUT2D eigenvalue weighted by Crippen LogP contribution is 2.29. The van der Waals surface area contributed by atoms with Gasteiger partial charge in [-0.1, -0.05) is 12.8 Å². The van der Waals surface area contributed by atoms with Gasteiger partial charge in [0.25, 0.3) is 0 Å². The lowest BCUT2D eigenvalue weighted by Crippen LogP contribution is -2.35. The summed E-state index contributed by atoms with van der Waals surface area (Å²) in [6.45, 7) is 5.15. The van der Waals surface area contributed by atoms with Crippen LogP contribution in [-0.4, -0.2) is 38.7 Å². The Balaban J connectivity index is 1.33. The van der Waals surface area contributed by atoms with Gasteiger partial charge >= 0.3 is 0 Å². The van der Waals surface area contributed by atoms with Gasteiger partial charge in [-0.2, -0.15) is 5.10 Å². The van der Waals surface area contributed by atoms with Crippen LogP contribution < -0.4 is 5.32 Å². The summed E-state index contributed by atoms with van der Waals surface area (Å²) < 4.78 is 2.03. The summed E-state index contributed by atoms with van der Waals surface area (Å²) in [6.07, 6.45) is 10.3. The van der Waals surface area contributed by atoms with E-state index < -0.39 is 0 Å². The minimum atomic E-state index is 0.169. The first-order valence-corrected chi connectivity index (χ1v) is 10.5. The first-order chi connectivity index (χ1) is 12.7. The van der Waals surface area contributed by atoms with Crippen molar-refractivity contribution < 1.29 is 4.79 Å². The van der Waals surface area contributed by atoms with Gasteiger partial charge in [-0.3, -0.25) is 9.69 Å². The largest absolute Gasteiger partial charge is 0.311 e. The van der Waals surface area contributed by atoms with Crippen molar-refractivity contribution in [2.75, 3.05) is 18.4 Å². The predicted molar refractivity (Wildman–Crippen MR) is 103 cm³/mol. The zero-order valence-electron chi connectivity index (χ0n) is 15.4. The number of amides is 1. The van der Waals surface area contributed by atoms with Gasteiger partial charge < -0.3 is 5.32 Å².